The van der Waals surface area contributed by atoms with E-state index in [1.54, 1.807) is 0 Å². The highest BCUT2D eigenvalue weighted by molar-refractivity contribution is 9.10. The lowest BCUT2D eigenvalue weighted by Gasteiger charge is -2.33. The van der Waals surface area contributed by atoms with Crippen molar-refractivity contribution < 1.29 is 21.9 Å². The van der Waals surface area contributed by atoms with Crippen LogP contribution in [0.3, 0.4) is 0 Å². The van der Waals surface area contributed by atoms with Gasteiger partial charge in [0.1, 0.15) is 10.2 Å². The van der Waals surface area contributed by atoms with Crippen molar-refractivity contribution in [2.45, 2.75) is 45.0 Å². The van der Waals surface area contributed by atoms with E-state index in [4.69, 9.17) is 17.1 Å². The summed E-state index contributed by atoms with van der Waals surface area (Å²) in [7, 11) is 0. The van der Waals surface area contributed by atoms with E-state index in [0.717, 1.165) is 6.07 Å². The van der Waals surface area contributed by atoms with Crippen LogP contribution in [0, 0.1) is 0 Å². The highest BCUT2D eigenvalue weighted by Gasteiger charge is 2.28. The predicted octanol–water partition coefficient (Wildman–Crippen LogP) is 3.96. The van der Waals surface area contributed by atoms with Gasteiger partial charge in [0, 0.05) is 34.2 Å². The molecule has 1 aromatic heterocycles. The summed E-state index contributed by atoms with van der Waals surface area (Å²) >= 11 is 3.05. The van der Waals surface area contributed by atoms with Gasteiger partial charge in [-0.15, -0.1) is 0 Å². The Labute approximate surface area is 141 Å². The van der Waals surface area contributed by atoms with Crippen molar-refractivity contribution >= 4 is 22.0 Å². The summed E-state index contributed by atoms with van der Waals surface area (Å²) in [6.45, 7) is -2.51. The molecule has 0 saturated carbocycles. The number of hydrogen-bond donors (Lipinski definition) is 0. The molecule has 0 spiro atoms. The highest BCUT2D eigenvalue weighted by Crippen LogP contribution is 2.27. The van der Waals surface area contributed by atoms with E-state index in [1.807, 2.05) is 0 Å². The quantitative estimate of drug-likeness (QED) is 0.720. The molecule has 0 aliphatic carbocycles. The van der Waals surface area contributed by atoms with E-state index < -0.39 is 49.0 Å². The standard InChI is InChI=1S/C15H21BrN2O2/c1-15(2,3)20-14(19)18-9-5-6-11(10-18)12-7-4-8-13(16)17-12/h4,7-8,11H,5-6,9-10H2,1-3H3/i5D2,6D2,9D2,10D2,11D. The average Bonchev–Trinajstić information content (AvgIpc) is 2.50. The van der Waals surface area contributed by atoms with Crippen molar-refractivity contribution in [3.63, 3.8) is 0 Å². The smallest absolute Gasteiger partial charge is 0.410 e. The predicted molar refractivity (Wildman–Crippen MR) is 81.7 cm³/mol. The number of rotatable bonds is 1. The van der Waals surface area contributed by atoms with E-state index in [1.165, 1.54) is 32.9 Å². The van der Waals surface area contributed by atoms with E-state index in [0.29, 0.717) is 0 Å². The van der Waals surface area contributed by atoms with Crippen LogP contribution < -0.4 is 0 Å². The maximum absolute atomic E-state index is 12.8. The number of amides is 1. The van der Waals surface area contributed by atoms with Crippen LogP contribution in [0.4, 0.5) is 4.79 Å². The molecule has 1 aliphatic rings. The fourth-order valence-corrected chi connectivity index (χ4v) is 1.73. The molecule has 1 aromatic rings. The number of pyridine rings is 1. The van der Waals surface area contributed by atoms with Gasteiger partial charge in [-0.25, -0.2) is 9.78 Å². The number of aromatic nitrogens is 1. The SMILES string of the molecule is [2H]C1([2H])N(C(=O)OC(C)(C)C)C([2H])([2H])C([2H])(c2cccc(Br)n2)C([2H])([2H])C1([2H])[2H]. The Bertz CT molecular complexity index is 828. The Hall–Kier alpha value is -1.10. The Kier molecular flexibility index (Phi) is 2.22. The van der Waals surface area contributed by atoms with Crippen LogP contribution in [-0.2, 0) is 4.74 Å². The van der Waals surface area contributed by atoms with Gasteiger partial charge in [-0.2, -0.15) is 0 Å². The maximum atomic E-state index is 12.8. The Morgan fingerprint density at radius 3 is 3.00 bits per heavy atom. The normalized spacial score (nSPS) is 40.2. The van der Waals surface area contributed by atoms with Crippen molar-refractivity contribution in [3.8, 4) is 0 Å². The van der Waals surface area contributed by atoms with Gasteiger partial charge in [0.25, 0.3) is 0 Å². The maximum Gasteiger partial charge on any atom is 0.410 e. The lowest BCUT2D eigenvalue weighted by atomic mass is 9.94. The highest BCUT2D eigenvalue weighted by atomic mass is 79.9. The van der Waals surface area contributed by atoms with Crippen LogP contribution in [0.5, 0.6) is 0 Å². The molecule has 1 aliphatic heterocycles. The van der Waals surface area contributed by atoms with Crippen LogP contribution >= 0.6 is 15.9 Å². The van der Waals surface area contributed by atoms with Crippen LogP contribution in [0.25, 0.3) is 0 Å². The first-order chi connectivity index (χ1) is 12.7. The van der Waals surface area contributed by atoms with Gasteiger partial charge in [0.15, 0.2) is 0 Å². The number of likely N-dealkylation sites (tertiary alicyclic amines) is 1. The van der Waals surface area contributed by atoms with Crippen molar-refractivity contribution in [1.82, 2.24) is 9.88 Å². The van der Waals surface area contributed by atoms with E-state index in [-0.39, 0.29) is 9.50 Å². The van der Waals surface area contributed by atoms with E-state index in [2.05, 4.69) is 20.9 Å². The Balaban J connectivity index is 2.86. The molecule has 1 unspecified atom stereocenters. The van der Waals surface area contributed by atoms with Gasteiger partial charge in [0.05, 0.1) is 2.74 Å². The molecule has 20 heavy (non-hydrogen) atoms. The molecule has 0 N–H and O–H groups in total. The largest absolute Gasteiger partial charge is 0.444 e. The first-order valence-electron chi connectivity index (χ1n) is 10.4. The molecule has 2 heterocycles. The molecule has 5 heteroatoms. The molecule has 0 bridgehead atoms. The third-order valence-electron chi connectivity index (χ3n) is 2.13. The molecule has 2 rings (SSSR count). The Morgan fingerprint density at radius 1 is 1.60 bits per heavy atom. The van der Waals surface area contributed by atoms with Gasteiger partial charge < -0.3 is 9.64 Å². The molecule has 0 radical (unpaired) electrons. The number of nitrogens with zero attached hydrogens (tertiary/aromatic N) is 2. The minimum Gasteiger partial charge on any atom is -0.444 e. The molecular weight excluding hydrogens is 320 g/mol. The van der Waals surface area contributed by atoms with Gasteiger partial charge in [-0.3, -0.25) is 0 Å². The van der Waals surface area contributed by atoms with Crippen molar-refractivity contribution in [3.05, 3.63) is 28.5 Å². The summed E-state index contributed by atoms with van der Waals surface area (Å²) in [6.07, 6.45) is -8.51. The lowest BCUT2D eigenvalue weighted by Crippen LogP contribution is -2.42. The van der Waals surface area contributed by atoms with E-state index >= 15 is 0 Å². The molecule has 4 nitrogen and oxygen atoms in total. The third-order valence-corrected chi connectivity index (χ3v) is 2.57. The second-order valence-electron chi connectivity index (χ2n) is 5.01. The number of carbonyl (C=O) groups excluding carboxylic acids is 1. The van der Waals surface area contributed by atoms with Crippen LogP contribution in [-0.4, -0.2) is 34.6 Å². The second-order valence-corrected chi connectivity index (χ2v) is 5.82. The van der Waals surface area contributed by atoms with Crippen molar-refractivity contribution in [1.29, 1.82) is 0 Å². The van der Waals surface area contributed by atoms with Crippen LogP contribution in [0.15, 0.2) is 22.8 Å². The molecule has 110 valence electrons. The summed E-state index contributed by atoms with van der Waals surface area (Å²) in [5, 5.41) is 0. The number of halogens is 1. The third kappa shape index (κ3) is 4.20. The zero-order chi connectivity index (χ0) is 22.8. The zero-order valence-corrected chi connectivity index (χ0v) is 12.9. The molecule has 1 fully saturated rings. The topological polar surface area (TPSA) is 42.4 Å². The number of ether oxygens (including phenoxy) is 1. The molecule has 1 amide bonds. The fourth-order valence-electron chi connectivity index (χ4n) is 1.38. The summed E-state index contributed by atoms with van der Waals surface area (Å²) < 4.78 is 80.1. The molecule has 1 saturated heterocycles. The minimum absolute atomic E-state index is 0.131. The minimum atomic E-state index is -3.51. The van der Waals surface area contributed by atoms with Crippen molar-refractivity contribution in [2.75, 3.05) is 13.0 Å². The number of carbonyl (C=O) groups is 1. The zero-order valence-electron chi connectivity index (χ0n) is 20.3. The first kappa shape index (κ1) is 7.25. The van der Waals surface area contributed by atoms with E-state index in [9.17, 15) is 4.79 Å². The van der Waals surface area contributed by atoms with Gasteiger partial charge in [-0.05, 0) is 61.6 Å². The molecule has 1 atom stereocenters. The monoisotopic (exact) mass is 349 g/mol. The average molecular weight is 350 g/mol. The summed E-state index contributed by atoms with van der Waals surface area (Å²) in [6, 6.07) is 3.92. The molecule has 0 aromatic carbocycles. The van der Waals surface area contributed by atoms with Crippen molar-refractivity contribution in [2.24, 2.45) is 0 Å². The second kappa shape index (κ2) is 6.12. The van der Waals surface area contributed by atoms with Gasteiger partial charge >= 0.3 is 6.09 Å². The fraction of sp³-hybridized carbons (Fsp3) is 0.600. The summed E-state index contributed by atoms with van der Waals surface area (Å²) in [4.78, 5) is 16.5. The van der Waals surface area contributed by atoms with Gasteiger partial charge in [-0.1, -0.05) is 6.07 Å². The summed E-state index contributed by atoms with van der Waals surface area (Å²) in [5.74, 6) is -3.14. The number of hydrogen-bond acceptors (Lipinski definition) is 3. The summed E-state index contributed by atoms with van der Waals surface area (Å²) in [5.41, 5.74) is -1.69. The first-order valence-corrected chi connectivity index (χ1v) is 6.71. The lowest BCUT2D eigenvalue weighted by molar-refractivity contribution is 0.0197. The number of piperidine rings is 1. The molecular formula is C15H21BrN2O2. The van der Waals surface area contributed by atoms with Gasteiger partial charge in [0.2, 0.25) is 0 Å². The van der Waals surface area contributed by atoms with Crippen LogP contribution in [0.2, 0.25) is 0 Å². The Morgan fingerprint density at radius 2 is 2.35 bits per heavy atom. The van der Waals surface area contributed by atoms with Crippen LogP contribution in [0.1, 0.15) is 57.4 Å².